The third-order valence-electron chi connectivity index (χ3n) is 10.1. The van der Waals surface area contributed by atoms with Crippen LogP contribution in [-0.2, 0) is 0 Å². The van der Waals surface area contributed by atoms with E-state index in [1.807, 2.05) is 23.5 Å². The molecule has 0 saturated heterocycles. The maximum Gasteiger partial charge on any atom is 0.143 e. The van der Waals surface area contributed by atoms with E-state index in [2.05, 4.69) is 157 Å². The van der Waals surface area contributed by atoms with Gasteiger partial charge in [-0.25, -0.2) is 0 Å². The smallest absolute Gasteiger partial charge is 0.143 e. The monoisotopic (exact) mass is 657 g/mol. The zero-order valence-corrected chi connectivity index (χ0v) is 27.6. The van der Waals surface area contributed by atoms with E-state index in [1.165, 1.54) is 42.1 Å². The Morgan fingerprint density at radius 3 is 2.02 bits per heavy atom. The molecule has 0 atom stereocenters. The van der Waals surface area contributed by atoms with E-state index in [1.54, 1.807) is 0 Å². The zero-order chi connectivity index (χ0) is 32.8. The number of thiophene rings is 1. The molecule has 3 nitrogen and oxygen atoms in total. The molecule has 0 aliphatic heterocycles. The summed E-state index contributed by atoms with van der Waals surface area (Å²) in [7, 11) is 0. The van der Waals surface area contributed by atoms with Gasteiger partial charge in [-0.2, -0.15) is 0 Å². The van der Waals surface area contributed by atoms with Crippen LogP contribution in [0.15, 0.2) is 173 Å². The minimum Gasteiger partial charge on any atom is -0.456 e. The molecule has 234 valence electrons. The molecule has 11 rings (SSSR count). The lowest BCUT2D eigenvalue weighted by molar-refractivity contribution is 0.669. The van der Waals surface area contributed by atoms with Crippen molar-refractivity contribution in [2.24, 2.45) is 0 Å². The molecule has 0 fully saturated rings. The van der Waals surface area contributed by atoms with Crippen LogP contribution in [0.25, 0.3) is 85.9 Å². The second-order valence-electron chi connectivity index (χ2n) is 12.9. The van der Waals surface area contributed by atoms with Crippen molar-refractivity contribution in [2.45, 2.75) is 0 Å². The first-order valence-corrected chi connectivity index (χ1v) is 17.7. The average Bonchev–Trinajstić information content (AvgIpc) is 3.87. The highest BCUT2D eigenvalue weighted by atomic mass is 32.1. The van der Waals surface area contributed by atoms with Gasteiger partial charge in [-0.1, -0.05) is 97.1 Å². The Bertz CT molecular complexity index is 3090. The van der Waals surface area contributed by atoms with E-state index in [-0.39, 0.29) is 0 Å². The van der Waals surface area contributed by atoms with Gasteiger partial charge in [0.25, 0.3) is 0 Å². The SMILES string of the molecule is c1ccc(-c2ccc(N(c3ccc4sc5ccc6oc7c8ccccc8ccc7c6c5c4c3)c3cccc4oc5ccccc5c34)cc2)cc1. The van der Waals surface area contributed by atoms with Crippen LogP contribution in [-0.4, -0.2) is 0 Å². The largest absolute Gasteiger partial charge is 0.456 e. The van der Waals surface area contributed by atoms with Gasteiger partial charge in [0, 0.05) is 53.1 Å². The summed E-state index contributed by atoms with van der Waals surface area (Å²) in [6.45, 7) is 0. The van der Waals surface area contributed by atoms with E-state index in [4.69, 9.17) is 8.83 Å². The fraction of sp³-hybridized carbons (Fsp3) is 0. The maximum atomic E-state index is 6.62. The summed E-state index contributed by atoms with van der Waals surface area (Å²) in [5, 5.41) is 9.31. The molecule has 11 aromatic rings. The first-order chi connectivity index (χ1) is 24.8. The summed E-state index contributed by atoms with van der Waals surface area (Å²) in [4.78, 5) is 2.38. The van der Waals surface area contributed by atoms with Crippen LogP contribution in [0.3, 0.4) is 0 Å². The van der Waals surface area contributed by atoms with Gasteiger partial charge in [0.05, 0.1) is 11.1 Å². The van der Waals surface area contributed by atoms with Gasteiger partial charge in [0.1, 0.15) is 22.3 Å². The number of nitrogens with zero attached hydrogens (tertiary/aromatic N) is 1. The Morgan fingerprint density at radius 1 is 0.400 bits per heavy atom. The van der Waals surface area contributed by atoms with Gasteiger partial charge < -0.3 is 13.7 Å². The van der Waals surface area contributed by atoms with E-state index < -0.39 is 0 Å². The van der Waals surface area contributed by atoms with Crippen molar-refractivity contribution >= 4 is 103 Å². The first-order valence-electron chi connectivity index (χ1n) is 16.8. The predicted octanol–water partition coefficient (Wildman–Crippen LogP) is 14.1. The summed E-state index contributed by atoms with van der Waals surface area (Å²) in [6.07, 6.45) is 0. The quantitative estimate of drug-likeness (QED) is 0.189. The summed E-state index contributed by atoms with van der Waals surface area (Å²) in [5.74, 6) is 0. The Labute approximate surface area is 290 Å². The number of hydrogen-bond acceptors (Lipinski definition) is 4. The molecule has 0 N–H and O–H groups in total. The van der Waals surface area contributed by atoms with Crippen LogP contribution in [0.1, 0.15) is 0 Å². The van der Waals surface area contributed by atoms with Crippen molar-refractivity contribution in [3.63, 3.8) is 0 Å². The molecular formula is C46H27NO2S. The lowest BCUT2D eigenvalue weighted by Crippen LogP contribution is -2.10. The molecule has 0 unspecified atom stereocenters. The minimum absolute atomic E-state index is 0.871. The van der Waals surface area contributed by atoms with Crippen molar-refractivity contribution in [1.82, 2.24) is 0 Å². The summed E-state index contributed by atoms with van der Waals surface area (Å²) in [5.41, 5.74) is 9.22. The van der Waals surface area contributed by atoms with Crippen LogP contribution in [0.5, 0.6) is 0 Å². The third-order valence-corrected chi connectivity index (χ3v) is 11.2. The predicted molar refractivity (Wildman–Crippen MR) is 212 cm³/mol. The van der Waals surface area contributed by atoms with Crippen molar-refractivity contribution < 1.29 is 8.83 Å². The highest BCUT2D eigenvalue weighted by Crippen LogP contribution is 2.48. The molecule has 3 heterocycles. The fourth-order valence-electron chi connectivity index (χ4n) is 7.79. The van der Waals surface area contributed by atoms with Crippen molar-refractivity contribution in [2.75, 3.05) is 4.90 Å². The Kier molecular flexibility index (Phi) is 5.83. The third kappa shape index (κ3) is 4.03. The van der Waals surface area contributed by atoms with Gasteiger partial charge in [-0.3, -0.25) is 0 Å². The molecule has 0 saturated carbocycles. The lowest BCUT2D eigenvalue weighted by atomic mass is 10.0. The minimum atomic E-state index is 0.871. The molecule has 8 aromatic carbocycles. The Balaban J connectivity index is 1.19. The van der Waals surface area contributed by atoms with Crippen LogP contribution < -0.4 is 4.90 Å². The fourth-order valence-corrected chi connectivity index (χ4v) is 8.89. The number of hydrogen-bond donors (Lipinski definition) is 0. The molecule has 50 heavy (non-hydrogen) atoms. The van der Waals surface area contributed by atoms with E-state index in [9.17, 15) is 0 Å². The van der Waals surface area contributed by atoms with E-state index >= 15 is 0 Å². The average molecular weight is 658 g/mol. The maximum absolute atomic E-state index is 6.62. The molecule has 4 heteroatoms. The topological polar surface area (TPSA) is 29.5 Å². The Hall–Kier alpha value is -6.36. The summed E-state index contributed by atoms with van der Waals surface area (Å²) >= 11 is 1.83. The molecule has 0 bridgehead atoms. The Morgan fingerprint density at radius 2 is 1.12 bits per heavy atom. The number of furan rings is 2. The molecule has 0 spiro atoms. The molecule has 3 aromatic heterocycles. The van der Waals surface area contributed by atoms with Crippen LogP contribution in [0, 0.1) is 0 Å². The standard InChI is InChI=1S/C46H27NO2S/c1-2-9-28(10-3-1)29-17-20-31(21-18-29)47(37-14-8-16-39-43(37)34-13-6-7-15-38(34)48-39)32-22-25-41-36(27-32)45-42(50-41)26-24-40-44(45)35-23-19-30-11-4-5-12-33(30)46(35)49-40/h1-27H. The van der Waals surface area contributed by atoms with Gasteiger partial charge in [-0.05, 0) is 83.2 Å². The molecule has 0 aliphatic carbocycles. The number of fused-ring (bicyclic) bond motifs is 12. The summed E-state index contributed by atoms with van der Waals surface area (Å²) < 4.78 is 15.5. The van der Waals surface area contributed by atoms with E-state index in [0.717, 1.165) is 60.9 Å². The second kappa shape index (κ2) is 10.6. The van der Waals surface area contributed by atoms with Gasteiger partial charge >= 0.3 is 0 Å². The van der Waals surface area contributed by atoms with Crippen LogP contribution in [0.2, 0.25) is 0 Å². The number of benzene rings is 8. The zero-order valence-electron chi connectivity index (χ0n) is 26.8. The van der Waals surface area contributed by atoms with Gasteiger partial charge in [0.15, 0.2) is 0 Å². The first kappa shape index (κ1) is 27.6. The molecule has 0 aliphatic rings. The molecule has 0 amide bonds. The molecule has 0 radical (unpaired) electrons. The lowest BCUT2D eigenvalue weighted by Gasteiger charge is -2.26. The van der Waals surface area contributed by atoms with Crippen LogP contribution >= 0.6 is 11.3 Å². The van der Waals surface area contributed by atoms with Crippen molar-refractivity contribution in [3.05, 3.63) is 164 Å². The number of anilines is 3. The normalized spacial score (nSPS) is 12.0. The van der Waals surface area contributed by atoms with Crippen molar-refractivity contribution in [3.8, 4) is 11.1 Å². The molecular weight excluding hydrogens is 631 g/mol. The second-order valence-corrected chi connectivity index (χ2v) is 13.9. The number of rotatable bonds is 4. The highest BCUT2D eigenvalue weighted by Gasteiger charge is 2.22. The van der Waals surface area contributed by atoms with Crippen molar-refractivity contribution in [1.29, 1.82) is 0 Å². The van der Waals surface area contributed by atoms with E-state index in [0.29, 0.717) is 0 Å². The van der Waals surface area contributed by atoms with Gasteiger partial charge in [0.2, 0.25) is 0 Å². The van der Waals surface area contributed by atoms with Gasteiger partial charge in [-0.15, -0.1) is 11.3 Å². The number of para-hydroxylation sites is 1. The highest BCUT2D eigenvalue weighted by molar-refractivity contribution is 7.26. The van der Waals surface area contributed by atoms with Crippen LogP contribution in [0.4, 0.5) is 17.1 Å². The summed E-state index contributed by atoms with van der Waals surface area (Å²) in [6, 6.07) is 58.3.